The van der Waals surface area contributed by atoms with Crippen molar-refractivity contribution in [3.05, 3.63) is 35.9 Å². The topological polar surface area (TPSA) is 66.4 Å². The van der Waals surface area contributed by atoms with Gasteiger partial charge in [0.2, 0.25) is 5.91 Å². The molecule has 0 aliphatic heterocycles. The van der Waals surface area contributed by atoms with Crippen LogP contribution in [-0.2, 0) is 16.0 Å². The minimum atomic E-state index is -0.981. The fourth-order valence-electron chi connectivity index (χ4n) is 2.43. The van der Waals surface area contributed by atoms with Gasteiger partial charge in [0.15, 0.2) is 0 Å². The first-order valence-corrected chi connectivity index (χ1v) is 7.21. The Morgan fingerprint density at radius 2 is 1.95 bits per heavy atom. The fraction of sp³-hybridized carbons (Fsp3) is 0.500. The quantitative estimate of drug-likeness (QED) is 0.803. The molecule has 0 heterocycles. The second-order valence-corrected chi connectivity index (χ2v) is 5.48. The summed E-state index contributed by atoms with van der Waals surface area (Å²) < 4.78 is 0. The van der Waals surface area contributed by atoms with Crippen LogP contribution in [-0.4, -0.2) is 23.0 Å². The molecule has 0 unspecified atom stereocenters. The lowest BCUT2D eigenvalue weighted by Crippen LogP contribution is -2.42. The summed E-state index contributed by atoms with van der Waals surface area (Å²) in [5.74, 6) is -0.468. The maximum Gasteiger partial charge on any atom is 0.326 e. The van der Waals surface area contributed by atoms with Crippen LogP contribution in [0.4, 0.5) is 0 Å². The molecular formula is C16H21NO3. The normalized spacial score (nSPS) is 16.2. The fourth-order valence-corrected chi connectivity index (χ4v) is 2.43. The molecule has 1 aromatic carbocycles. The molecule has 2 N–H and O–H groups in total. The van der Waals surface area contributed by atoms with E-state index in [1.165, 1.54) is 19.3 Å². The molecule has 4 heteroatoms. The van der Waals surface area contributed by atoms with E-state index in [0.29, 0.717) is 18.8 Å². The molecule has 1 aromatic rings. The average Bonchev–Trinajstić information content (AvgIpc) is 2.37. The summed E-state index contributed by atoms with van der Waals surface area (Å²) in [6.45, 7) is 0. The van der Waals surface area contributed by atoms with Crippen molar-refractivity contribution in [2.45, 2.75) is 44.6 Å². The first-order valence-electron chi connectivity index (χ1n) is 7.21. The van der Waals surface area contributed by atoms with Gasteiger partial charge in [-0.2, -0.15) is 0 Å². The monoisotopic (exact) mass is 275 g/mol. The Kier molecular flexibility index (Phi) is 5.16. The van der Waals surface area contributed by atoms with Crippen molar-refractivity contribution in [3.8, 4) is 0 Å². The molecule has 108 valence electrons. The molecular weight excluding hydrogens is 254 g/mol. The molecule has 4 nitrogen and oxygen atoms in total. The van der Waals surface area contributed by atoms with Gasteiger partial charge in [0.05, 0.1) is 0 Å². The van der Waals surface area contributed by atoms with E-state index in [1.807, 2.05) is 30.3 Å². The molecule has 20 heavy (non-hydrogen) atoms. The Bertz CT molecular complexity index is 454. The van der Waals surface area contributed by atoms with Crippen molar-refractivity contribution in [3.63, 3.8) is 0 Å². The van der Waals surface area contributed by atoms with Crippen molar-refractivity contribution in [1.29, 1.82) is 0 Å². The highest BCUT2D eigenvalue weighted by Gasteiger charge is 2.22. The summed E-state index contributed by atoms with van der Waals surface area (Å²) in [5, 5.41) is 11.8. The summed E-state index contributed by atoms with van der Waals surface area (Å²) in [4.78, 5) is 23.0. The largest absolute Gasteiger partial charge is 0.480 e. The van der Waals surface area contributed by atoms with Crippen molar-refractivity contribution in [2.75, 3.05) is 0 Å². The molecule has 0 bridgehead atoms. The van der Waals surface area contributed by atoms with Crippen molar-refractivity contribution in [1.82, 2.24) is 5.32 Å². The van der Waals surface area contributed by atoms with E-state index >= 15 is 0 Å². The van der Waals surface area contributed by atoms with Crippen molar-refractivity contribution < 1.29 is 14.7 Å². The van der Waals surface area contributed by atoms with Gasteiger partial charge in [-0.25, -0.2) is 4.79 Å². The predicted molar refractivity (Wildman–Crippen MR) is 76.3 cm³/mol. The molecule has 1 fully saturated rings. The molecule has 1 atom stereocenters. The summed E-state index contributed by atoms with van der Waals surface area (Å²) in [7, 11) is 0. The Morgan fingerprint density at radius 1 is 1.25 bits per heavy atom. The molecule has 2 rings (SSSR count). The highest BCUT2D eigenvalue weighted by atomic mass is 16.4. The highest BCUT2D eigenvalue weighted by molar-refractivity contribution is 5.83. The minimum Gasteiger partial charge on any atom is -0.480 e. The Morgan fingerprint density at radius 3 is 2.50 bits per heavy atom. The van der Waals surface area contributed by atoms with Crippen LogP contribution in [0.2, 0.25) is 0 Å². The molecule has 0 radical (unpaired) electrons. The van der Waals surface area contributed by atoms with E-state index in [-0.39, 0.29) is 5.91 Å². The van der Waals surface area contributed by atoms with Crippen LogP contribution in [0.15, 0.2) is 30.3 Å². The van der Waals surface area contributed by atoms with Gasteiger partial charge in [-0.05, 0) is 17.9 Å². The number of nitrogens with one attached hydrogen (secondary N) is 1. The Labute approximate surface area is 119 Å². The van der Waals surface area contributed by atoms with Crippen LogP contribution in [0.5, 0.6) is 0 Å². The van der Waals surface area contributed by atoms with Gasteiger partial charge in [0.25, 0.3) is 0 Å². The maximum absolute atomic E-state index is 11.8. The zero-order valence-corrected chi connectivity index (χ0v) is 11.5. The smallest absolute Gasteiger partial charge is 0.326 e. The number of aliphatic carboxylic acids is 1. The van der Waals surface area contributed by atoms with E-state index in [4.69, 9.17) is 0 Å². The molecule has 0 spiro atoms. The average molecular weight is 275 g/mol. The van der Waals surface area contributed by atoms with Gasteiger partial charge in [-0.15, -0.1) is 0 Å². The van der Waals surface area contributed by atoms with Crippen LogP contribution >= 0.6 is 0 Å². The summed E-state index contributed by atoms with van der Waals surface area (Å²) in [6, 6.07) is 8.52. The van der Waals surface area contributed by atoms with E-state index in [2.05, 4.69) is 5.32 Å². The highest BCUT2D eigenvalue weighted by Crippen LogP contribution is 2.30. The van der Waals surface area contributed by atoms with Gasteiger partial charge in [0.1, 0.15) is 6.04 Å². The van der Waals surface area contributed by atoms with Gasteiger partial charge >= 0.3 is 5.97 Å². The van der Waals surface area contributed by atoms with Crippen LogP contribution in [0, 0.1) is 5.92 Å². The summed E-state index contributed by atoms with van der Waals surface area (Å²) in [5.41, 5.74) is 0.916. The first kappa shape index (κ1) is 14.6. The van der Waals surface area contributed by atoms with E-state index in [1.54, 1.807) is 0 Å². The number of hydrogen-bond donors (Lipinski definition) is 2. The summed E-state index contributed by atoms with van der Waals surface area (Å²) >= 11 is 0. The number of amides is 1. The number of carbonyl (C=O) groups is 2. The van der Waals surface area contributed by atoms with Crippen molar-refractivity contribution in [2.24, 2.45) is 5.92 Å². The molecule has 1 saturated carbocycles. The summed E-state index contributed by atoms with van der Waals surface area (Å²) in [6.07, 6.45) is 5.31. The van der Waals surface area contributed by atoms with Crippen molar-refractivity contribution >= 4 is 11.9 Å². The van der Waals surface area contributed by atoms with E-state index in [0.717, 1.165) is 12.0 Å². The molecule has 1 aliphatic carbocycles. The number of carbonyl (C=O) groups excluding carboxylic acids is 1. The third-order valence-electron chi connectivity index (χ3n) is 3.92. The van der Waals surface area contributed by atoms with Crippen LogP contribution in [0.25, 0.3) is 0 Å². The Hall–Kier alpha value is -1.84. The number of carboxylic acids is 1. The zero-order chi connectivity index (χ0) is 14.4. The lowest BCUT2D eigenvalue weighted by molar-refractivity contribution is -0.141. The number of benzene rings is 1. The third-order valence-corrected chi connectivity index (χ3v) is 3.92. The standard InChI is InChI=1S/C16H21NO3/c18-15(10-9-12-7-4-8-12)17-14(16(19)20)11-13-5-2-1-3-6-13/h1-3,5-6,12,14H,4,7-11H2,(H,17,18)(H,19,20)/t14-/m1/s1. The third kappa shape index (κ3) is 4.37. The predicted octanol–water partition coefficient (Wildman–Crippen LogP) is 2.38. The van der Waals surface area contributed by atoms with Gasteiger partial charge in [0, 0.05) is 12.8 Å². The van der Waals surface area contributed by atoms with Crippen LogP contribution in [0.3, 0.4) is 0 Å². The first-order chi connectivity index (χ1) is 9.65. The van der Waals surface area contributed by atoms with Crippen LogP contribution in [0.1, 0.15) is 37.7 Å². The lowest BCUT2D eigenvalue weighted by Gasteiger charge is -2.25. The molecule has 0 aromatic heterocycles. The lowest BCUT2D eigenvalue weighted by atomic mass is 9.82. The second-order valence-electron chi connectivity index (χ2n) is 5.48. The molecule has 1 aliphatic rings. The maximum atomic E-state index is 11.8. The van der Waals surface area contributed by atoms with E-state index < -0.39 is 12.0 Å². The Balaban J connectivity index is 1.81. The minimum absolute atomic E-state index is 0.153. The van der Waals surface area contributed by atoms with Gasteiger partial charge in [-0.1, -0.05) is 49.6 Å². The SMILES string of the molecule is O=C(CCC1CCC1)N[C@H](Cc1ccccc1)C(=O)O. The van der Waals surface area contributed by atoms with Gasteiger partial charge < -0.3 is 10.4 Å². The second kappa shape index (κ2) is 7.08. The molecule has 1 amide bonds. The van der Waals surface area contributed by atoms with Crippen LogP contribution < -0.4 is 5.32 Å². The van der Waals surface area contributed by atoms with E-state index in [9.17, 15) is 14.7 Å². The number of carboxylic acid groups (broad SMARTS) is 1. The zero-order valence-electron chi connectivity index (χ0n) is 11.5. The van der Waals surface area contributed by atoms with Gasteiger partial charge in [-0.3, -0.25) is 4.79 Å². The molecule has 0 saturated heterocycles. The number of hydrogen-bond acceptors (Lipinski definition) is 2. The number of rotatable bonds is 7.